The summed E-state index contributed by atoms with van der Waals surface area (Å²) in [5.74, 6) is 0.163. The second-order valence-corrected chi connectivity index (χ2v) is 4.19. The summed E-state index contributed by atoms with van der Waals surface area (Å²) in [6.45, 7) is 2.51. The fourth-order valence-electron chi connectivity index (χ4n) is 1.57. The third-order valence-electron chi connectivity index (χ3n) is 2.65. The Bertz CT molecular complexity index is 225. The van der Waals surface area contributed by atoms with Crippen molar-refractivity contribution >= 4 is 5.91 Å². The van der Waals surface area contributed by atoms with Gasteiger partial charge in [0.15, 0.2) is 0 Å². The van der Waals surface area contributed by atoms with Crippen LogP contribution in [0.15, 0.2) is 0 Å². The van der Waals surface area contributed by atoms with Gasteiger partial charge in [0.1, 0.15) is 5.60 Å². The van der Waals surface area contributed by atoms with E-state index in [2.05, 4.69) is 0 Å². The maximum Gasteiger partial charge on any atom is 0.249 e. The average molecular weight is 185 g/mol. The topological polar surface area (TPSA) is 49.8 Å². The Kier molecular flexibility index (Phi) is 2.04. The van der Waals surface area contributed by atoms with Crippen LogP contribution < -0.4 is 0 Å². The van der Waals surface area contributed by atoms with E-state index in [1.807, 2.05) is 6.92 Å². The molecule has 1 heterocycles. The van der Waals surface area contributed by atoms with Crippen LogP contribution in [-0.4, -0.2) is 34.8 Å². The van der Waals surface area contributed by atoms with Gasteiger partial charge >= 0.3 is 0 Å². The van der Waals surface area contributed by atoms with E-state index in [4.69, 9.17) is 9.94 Å². The number of rotatable bonds is 3. The van der Waals surface area contributed by atoms with E-state index in [9.17, 15) is 4.79 Å². The van der Waals surface area contributed by atoms with E-state index in [0.717, 1.165) is 12.8 Å². The smallest absolute Gasteiger partial charge is 0.249 e. The van der Waals surface area contributed by atoms with Crippen LogP contribution in [0.3, 0.4) is 0 Å². The molecule has 13 heavy (non-hydrogen) atoms. The highest BCUT2D eigenvalue weighted by atomic mass is 16.7. The number of aliphatic hydroxyl groups excluding tert-OH is 1. The standard InChI is InChI=1S/C9H15NO3/c1-7(6-11)5-10-8(12)4-9(13-10)2-3-9/h7,11H,2-6H2,1H3. The highest BCUT2D eigenvalue weighted by Gasteiger charge is 2.54. The molecule has 74 valence electrons. The maximum absolute atomic E-state index is 11.4. The lowest BCUT2D eigenvalue weighted by Crippen LogP contribution is -2.30. The van der Waals surface area contributed by atoms with E-state index in [0.29, 0.717) is 13.0 Å². The van der Waals surface area contributed by atoms with Crippen LogP contribution in [0.25, 0.3) is 0 Å². The fourth-order valence-corrected chi connectivity index (χ4v) is 1.57. The SMILES string of the molecule is CC(CO)CN1OC2(CC2)CC1=O. The molecule has 0 aromatic carbocycles. The average Bonchev–Trinajstić information content (AvgIpc) is 2.75. The molecule has 1 atom stereocenters. The number of hydroxylamine groups is 2. The van der Waals surface area contributed by atoms with Crippen LogP contribution in [0.5, 0.6) is 0 Å². The summed E-state index contributed by atoms with van der Waals surface area (Å²) >= 11 is 0. The van der Waals surface area contributed by atoms with Gasteiger partial charge in [0.2, 0.25) is 5.91 Å². The molecule has 0 radical (unpaired) electrons. The van der Waals surface area contributed by atoms with Gasteiger partial charge in [-0.2, -0.15) is 0 Å². The normalized spacial score (nSPS) is 26.9. The Labute approximate surface area is 77.4 Å². The summed E-state index contributed by atoms with van der Waals surface area (Å²) < 4.78 is 0. The quantitative estimate of drug-likeness (QED) is 0.688. The van der Waals surface area contributed by atoms with Crippen LogP contribution in [-0.2, 0) is 9.63 Å². The number of carbonyl (C=O) groups excluding carboxylic acids is 1. The molecule has 1 spiro atoms. The highest BCUT2D eigenvalue weighted by molar-refractivity contribution is 5.78. The molecule has 2 rings (SSSR count). The number of carbonyl (C=O) groups is 1. The predicted octanol–water partition coefficient (Wildman–Crippen LogP) is 0.311. The predicted molar refractivity (Wildman–Crippen MR) is 45.6 cm³/mol. The van der Waals surface area contributed by atoms with Gasteiger partial charge in [-0.15, -0.1) is 0 Å². The Morgan fingerprint density at radius 3 is 2.85 bits per heavy atom. The number of aliphatic hydroxyl groups is 1. The fraction of sp³-hybridized carbons (Fsp3) is 0.889. The third kappa shape index (κ3) is 1.69. The molecule has 2 aliphatic rings. The van der Waals surface area contributed by atoms with Gasteiger partial charge in [-0.25, -0.2) is 5.06 Å². The number of nitrogens with zero attached hydrogens (tertiary/aromatic N) is 1. The zero-order valence-corrected chi connectivity index (χ0v) is 7.82. The third-order valence-corrected chi connectivity index (χ3v) is 2.65. The molecule has 4 heteroatoms. The summed E-state index contributed by atoms with van der Waals surface area (Å²) in [7, 11) is 0. The first-order valence-electron chi connectivity index (χ1n) is 4.75. The molecule has 1 saturated carbocycles. The van der Waals surface area contributed by atoms with Gasteiger partial charge in [0, 0.05) is 6.61 Å². The summed E-state index contributed by atoms with van der Waals surface area (Å²) in [4.78, 5) is 16.9. The minimum absolute atomic E-state index is 0.0674. The summed E-state index contributed by atoms with van der Waals surface area (Å²) in [5.41, 5.74) is -0.133. The summed E-state index contributed by atoms with van der Waals surface area (Å²) in [6.07, 6.45) is 2.54. The van der Waals surface area contributed by atoms with Gasteiger partial charge in [-0.05, 0) is 18.8 Å². The highest BCUT2D eigenvalue weighted by Crippen LogP contribution is 2.47. The van der Waals surface area contributed by atoms with E-state index < -0.39 is 0 Å². The molecule has 2 fully saturated rings. The van der Waals surface area contributed by atoms with Crippen molar-refractivity contribution in [2.24, 2.45) is 5.92 Å². The number of hydrogen-bond acceptors (Lipinski definition) is 3. The molecule has 1 aliphatic heterocycles. The van der Waals surface area contributed by atoms with Crippen molar-refractivity contribution in [3.8, 4) is 0 Å². The molecule has 1 amide bonds. The van der Waals surface area contributed by atoms with Crippen LogP contribution in [0.2, 0.25) is 0 Å². The molecule has 0 aromatic heterocycles. The first kappa shape index (κ1) is 8.97. The summed E-state index contributed by atoms with van der Waals surface area (Å²) in [5, 5.41) is 10.3. The number of hydrogen-bond donors (Lipinski definition) is 1. The minimum atomic E-state index is -0.133. The monoisotopic (exact) mass is 185 g/mol. The van der Waals surface area contributed by atoms with E-state index in [1.54, 1.807) is 0 Å². The molecular formula is C9H15NO3. The van der Waals surface area contributed by atoms with Crippen LogP contribution in [0.4, 0.5) is 0 Å². The first-order chi connectivity index (χ1) is 6.15. The van der Waals surface area contributed by atoms with Crippen molar-refractivity contribution in [2.45, 2.75) is 31.8 Å². The molecule has 4 nitrogen and oxygen atoms in total. The largest absolute Gasteiger partial charge is 0.396 e. The van der Waals surface area contributed by atoms with Gasteiger partial charge in [0.25, 0.3) is 0 Å². The molecule has 1 N–H and O–H groups in total. The Morgan fingerprint density at radius 1 is 1.69 bits per heavy atom. The van der Waals surface area contributed by atoms with Gasteiger partial charge < -0.3 is 5.11 Å². The first-order valence-corrected chi connectivity index (χ1v) is 4.75. The van der Waals surface area contributed by atoms with Crippen molar-refractivity contribution in [1.82, 2.24) is 5.06 Å². The van der Waals surface area contributed by atoms with Gasteiger partial charge in [0.05, 0.1) is 13.0 Å². The van der Waals surface area contributed by atoms with Crippen molar-refractivity contribution in [3.63, 3.8) is 0 Å². The second kappa shape index (κ2) is 2.96. The minimum Gasteiger partial charge on any atom is -0.396 e. The van der Waals surface area contributed by atoms with Crippen molar-refractivity contribution < 1.29 is 14.7 Å². The van der Waals surface area contributed by atoms with Crippen molar-refractivity contribution in [2.75, 3.05) is 13.2 Å². The van der Waals surface area contributed by atoms with Gasteiger partial charge in [-0.1, -0.05) is 6.92 Å². The lowest BCUT2D eigenvalue weighted by molar-refractivity contribution is -0.182. The molecule has 1 unspecified atom stereocenters. The van der Waals surface area contributed by atoms with Crippen LogP contribution >= 0.6 is 0 Å². The molecule has 0 aromatic rings. The second-order valence-electron chi connectivity index (χ2n) is 4.19. The van der Waals surface area contributed by atoms with E-state index in [-0.39, 0.29) is 24.0 Å². The summed E-state index contributed by atoms with van der Waals surface area (Å²) in [6, 6.07) is 0. The zero-order valence-electron chi connectivity index (χ0n) is 7.82. The van der Waals surface area contributed by atoms with E-state index >= 15 is 0 Å². The molecule has 1 aliphatic carbocycles. The Balaban J connectivity index is 1.90. The van der Waals surface area contributed by atoms with E-state index in [1.165, 1.54) is 5.06 Å². The molecule has 0 bridgehead atoms. The number of amides is 1. The lowest BCUT2D eigenvalue weighted by Gasteiger charge is -2.18. The van der Waals surface area contributed by atoms with Crippen molar-refractivity contribution in [3.05, 3.63) is 0 Å². The van der Waals surface area contributed by atoms with Crippen molar-refractivity contribution in [1.29, 1.82) is 0 Å². The van der Waals surface area contributed by atoms with Gasteiger partial charge in [-0.3, -0.25) is 9.63 Å². The Morgan fingerprint density at radius 2 is 2.38 bits per heavy atom. The molecule has 1 saturated heterocycles. The van der Waals surface area contributed by atoms with Crippen LogP contribution in [0, 0.1) is 5.92 Å². The molecular weight excluding hydrogens is 170 g/mol. The van der Waals surface area contributed by atoms with Crippen LogP contribution in [0.1, 0.15) is 26.2 Å². The Hall–Kier alpha value is -0.610. The maximum atomic E-state index is 11.4. The lowest BCUT2D eigenvalue weighted by atomic mass is 10.2. The zero-order chi connectivity index (χ0) is 9.47.